The van der Waals surface area contributed by atoms with Crippen LogP contribution in [-0.4, -0.2) is 113 Å². The monoisotopic (exact) mass is 1110 g/mol. The summed E-state index contributed by atoms with van der Waals surface area (Å²) in [6, 6.07) is 19.7. The Kier molecular flexibility index (Phi) is 20.6. The van der Waals surface area contributed by atoms with Gasteiger partial charge in [-0.1, -0.05) is 101 Å². The zero-order chi connectivity index (χ0) is 55.3. The Morgan fingerprint density at radius 3 is 2.21 bits per heavy atom. The number of hydrogen-bond acceptors (Lipinski definition) is 14. The van der Waals surface area contributed by atoms with Gasteiger partial charge in [-0.3, -0.25) is 19.2 Å². The molecule has 0 radical (unpaired) electrons. The molecule has 17 nitrogen and oxygen atoms in total. The number of aliphatic hydroxyl groups excluding tert-OH is 1. The van der Waals surface area contributed by atoms with E-state index in [-0.39, 0.29) is 55.6 Å². The molecule has 0 spiro atoms. The van der Waals surface area contributed by atoms with Crippen LogP contribution in [0.5, 0.6) is 5.75 Å². The van der Waals surface area contributed by atoms with E-state index in [0.29, 0.717) is 52.1 Å². The Bertz CT molecular complexity index is 2870. The van der Waals surface area contributed by atoms with Crippen molar-refractivity contribution < 1.29 is 33.6 Å². The van der Waals surface area contributed by atoms with Crippen molar-refractivity contribution in [3.8, 4) is 16.2 Å². The summed E-state index contributed by atoms with van der Waals surface area (Å²) >= 11 is 8.06. The van der Waals surface area contributed by atoms with E-state index in [0.717, 1.165) is 91.8 Å². The molecule has 4 heterocycles. The summed E-state index contributed by atoms with van der Waals surface area (Å²) in [6.07, 6.45) is 9.57. The van der Waals surface area contributed by atoms with E-state index in [9.17, 15) is 28.8 Å². The van der Waals surface area contributed by atoms with Gasteiger partial charge in [0.2, 0.25) is 29.6 Å². The number of aryl methyl sites for hydroxylation is 1. The van der Waals surface area contributed by atoms with Crippen molar-refractivity contribution in [3.05, 3.63) is 94.7 Å². The molecule has 20 heteroatoms. The number of aliphatic hydroxyl groups is 1. The minimum absolute atomic E-state index is 0.0228. The van der Waals surface area contributed by atoms with Crippen molar-refractivity contribution in [3.63, 3.8) is 0 Å². The number of methoxy groups -OCH3 is 1. The Hall–Kier alpha value is -6.07. The van der Waals surface area contributed by atoms with Gasteiger partial charge >= 0.3 is 0 Å². The Morgan fingerprint density at radius 1 is 0.883 bits per heavy atom. The predicted octanol–water partition coefficient (Wildman–Crippen LogP) is 9.71. The average Bonchev–Trinajstić information content (AvgIpc) is 4.03. The highest BCUT2D eigenvalue weighted by Crippen LogP contribution is 2.39. The second-order valence-corrected chi connectivity index (χ2v) is 26.1. The number of nitrogens with one attached hydrogen (secondary N) is 5. The maximum Gasteiger partial charge on any atom is 0.246 e. The molecule has 5 aromatic rings. The molecule has 0 aliphatic carbocycles. The van der Waals surface area contributed by atoms with Crippen LogP contribution in [0.3, 0.4) is 0 Å². The standard InChI is InChI=1S/C57H76ClN10O7PS/c1-37-51(77-36-61-37)39-23-21-38(22-24-39)33-59-54(72)46-32-42(69)35-68(46)55(73)52(57(2,3)4)65-50(71)20-14-12-10-8-9-11-13-19-49(70)62-40-27-29-67(30-28-40)41-25-26-44(47(31-41)75-5)64-56-60-34-43(58)53(66-56)63-45-17-15-16-18-48(45)76(6,7)74/h15-18,21-26,31,34,36,40,42,46,52,69H,8-14,19-20,27-30,32-33,35H2,1-7H3,(H,59,72)(H,62,70)(H,65,71)(H2,60,63,64,66). The smallest absolute Gasteiger partial charge is 0.246 e. The molecule has 2 saturated heterocycles. The molecule has 3 atom stereocenters. The summed E-state index contributed by atoms with van der Waals surface area (Å²) in [6.45, 7) is 12.9. The molecule has 7 rings (SSSR count). The van der Waals surface area contributed by atoms with E-state index in [1.165, 1.54) is 11.1 Å². The van der Waals surface area contributed by atoms with Crippen molar-refractivity contribution in [2.75, 3.05) is 55.6 Å². The number of hydrogen-bond donors (Lipinski definition) is 6. The SMILES string of the molecule is COc1cc(N2CCC(NC(=O)CCCCCCCCCC(=O)NC(C(=O)N3CC(O)CC3C(=O)NCc3ccc(-c4scnc4C)cc3)C(C)(C)C)CC2)ccc1Nc1ncc(Cl)c(Nc2ccccc2P(C)(C)=O)n1. The molecule has 3 unspecified atom stereocenters. The van der Waals surface area contributed by atoms with E-state index in [1.807, 2.05) is 99.9 Å². The molecule has 0 bridgehead atoms. The molecule has 2 aromatic heterocycles. The van der Waals surface area contributed by atoms with Crippen LogP contribution >= 0.6 is 30.1 Å². The summed E-state index contributed by atoms with van der Waals surface area (Å²) in [7, 11) is -0.955. The van der Waals surface area contributed by atoms with Crippen molar-refractivity contribution in [1.82, 2.24) is 35.8 Å². The topological polar surface area (TPSA) is 220 Å². The minimum atomic E-state index is -2.57. The van der Waals surface area contributed by atoms with Gasteiger partial charge in [0, 0.05) is 68.5 Å². The molecule has 3 aromatic carbocycles. The minimum Gasteiger partial charge on any atom is -0.494 e. The molecular weight excluding hydrogens is 1040 g/mol. The number of unbranched alkanes of at least 4 members (excludes halogenated alkanes) is 6. The number of halogens is 1. The largest absolute Gasteiger partial charge is 0.494 e. The van der Waals surface area contributed by atoms with Gasteiger partial charge in [-0.25, -0.2) is 9.97 Å². The normalized spacial score (nSPS) is 16.4. The number of rotatable bonds is 24. The maximum absolute atomic E-state index is 14.0. The van der Waals surface area contributed by atoms with Crippen molar-refractivity contribution in [1.29, 1.82) is 0 Å². The van der Waals surface area contributed by atoms with E-state index < -0.39 is 30.7 Å². The molecule has 4 amide bonds. The van der Waals surface area contributed by atoms with E-state index in [2.05, 4.69) is 46.4 Å². The Balaban J connectivity index is 0.759. The fraction of sp³-hybridized carbons (Fsp3) is 0.491. The second kappa shape index (κ2) is 27.0. The zero-order valence-corrected chi connectivity index (χ0v) is 48.0. The van der Waals surface area contributed by atoms with Gasteiger partial charge in [0.15, 0.2) is 5.82 Å². The second-order valence-electron chi connectivity index (χ2n) is 21.6. The summed E-state index contributed by atoms with van der Waals surface area (Å²) in [5.74, 6) is 0.468. The lowest BCUT2D eigenvalue weighted by atomic mass is 9.85. The zero-order valence-electron chi connectivity index (χ0n) is 45.5. The van der Waals surface area contributed by atoms with Crippen LogP contribution < -0.4 is 41.5 Å². The van der Waals surface area contributed by atoms with Crippen LogP contribution in [0.15, 0.2) is 78.4 Å². The lowest BCUT2D eigenvalue weighted by Crippen LogP contribution is -2.57. The number of piperidine rings is 1. The summed E-state index contributed by atoms with van der Waals surface area (Å²) in [5, 5.41) is 27.3. The molecular formula is C57H76ClN10O7PS. The number of amides is 4. The van der Waals surface area contributed by atoms with Crippen LogP contribution in [0, 0.1) is 12.3 Å². The number of ether oxygens (including phenoxy) is 1. The summed E-state index contributed by atoms with van der Waals surface area (Å²) in [4.78, 5) is 71.8. The average molecular weight is 1110 g/mol. The van der Waals surface area contributed by atoms with Crippen LogP contribution in [0.2, 0.25) is 5.02 Å². The summed E-state index contributed by atoms with van der Waals surface area (Å²) < 4.78 is 18.7. The highest BCUT2D eigenvalue weighted by Gasteiger charge is 2.44. The maximum atomic E-state index is 14.0. The molecule has 6 N–H and O–H groups in total. The van der Waals surface area contributed by atoms with E-state index in [1.54, 1.807) is 31.8 Å². The third-order valence-corrected chi connectivity index (χ3v) is 17.0. The molecule has 2 aliphatic heterocycles. The molecule has 2 aliphatic rings. The third kappa shape index (κ3) is 16.5. The number of aromatic nitrogens is 3. The molecule has 0 saturated carbocycles. The highest BCUT2D eigenvalue weighted by molar-refractivity contribution is 7.70. The number of nitrogens with zero attached hydrogens (tertiary/aromatic N) is 5. The number of carbonyl (C=O) groups excluding carboxylic acids is 4. The van der Waals surface area contributed by atoms with Crippen LogP contribution in [0.4, 0.5) is 28.8 Å². The van der Waals surface area contributed by atoms with Gasteiger partial charge in [0.1, 0.15) is 30.0 Å². The van der Waals surface area contributed by atoms with Crippen LogP contribution in [0.25, 0.3) is 10.4 Å². The predicted molar refractivity (Wildman–Crippen MR) is 309 cm³/mol. The fourth-order valence-corrected chi connectivity index (χ4v) is 11.9. The Morgan fingerprint density at radius 2 is 1.56 bits per heavy atom. The van der Waals surface area contributed by atoms with E-state index in [4.69, 9.17) is 16.3 Å². The first-order valence-electron chi connectivity index (χ1n) is 26.8. The lowest BCUT2D eigenvalue weighted by Gasteiger charge is -2.35. The molecule has 414 valence electrons. The number of para-hydroxylation sites is 1. The van der Waals surface area contributed by atoms with Gasteiger partial charge in [0.25, 0.3) is 0 Å². The first kappa shape index (κ1) is 58.6. The summed E-state index contributed by atoms with van der Waals surface area (Å²) in [5.41, 5.74) is 6.48. The Labute approximate surface area is 462 Å². The number of β-amino-alcohol motifs (C(OH)–C–C–N with tert-alkyl or cyclic N) is 1. The lowest BCUT2D eigenvalue weighted by molar-refractivity contribution is -0.144. The quantitative estimate of drug-likeness (QED) is 0.0251. The highest BCUT2D eigenvalue weighted by atomic mass is 35.5. The molecule has 77 heavy (non-hydrogen) atoms. The van der Waals surface area contributed by atoms with Gasteiger partial charge in [-0.2, -0.15) is 4.98 Å². The van der Waals surface area contributed by atoms with Crippen molar-refractivity contribution in [2.45, 2.75) is 136 Å². The number of anilines is 5. The van der Waals surface area contributed by atoms with Crippen LogP contribution in [-0.2, 0) is 30.3 Å². The fourth-order valence-electron chi connectivity index (χ4n) is 9.84. The molecule has 2 fully saturated rings. The first-order valence-corrected chi connectivity index (χ1v) is 30.6. The first-order chi connectivity index (χ1) is 36.8. The van der Waals surface area contributed by atoms with Crippen molar-refractivity contribution >= 4 is 87.8 Å². The van der Waals surface area contributed by atoms with Gasteiger partial charge in [-0.15, -0.1) is 11.3 Å². The van der Waals surface area contributed by atoms with Gasteiger partial charge < -0.3 is 50.8 Å². The van der Waals surface area contributed by atoms with E-state index >= 15 is 0 Å². The number of benzene rings is 3. The van der Waals surface area contributed by atoms with Crippen molar-refractivity contribution in [2.24, 2.45) is 5.41 Å². The third-order valence-electron chi connectivity index (χ3n) is 14.2. The van der Waals surface area contributed by atoms with Gasteiger partial charge in [0.05, 0.1) is 46.9 Å². The van der Waals surface area contributed by atoms with Gasteiger partial charge in [-0.05, 0) is 86.7 Å². The number of carbonyl (C=O) groups is 4. The number of thiazole rings is 1. The number of likely N-dealkylation sites (tertiary alicyclic amines) is 1. The van der Waals surface area contributed by atoms with Crippen LogP contribution in [0.1, 0.15) is 109 Å².